The molecule has 1 saturated heterocycles. The molecule has 0 saturated carbocycles. The molecule has 0 unspecified atom stereocenters. The van der Waals surface area contributed by atoms with E-state index >= 15 is 0 Å². The summed E-state index contributed by atoms with van der Waals surface area (Å²) < 4.78 is 5.55. The molecule has 0 aliphatic carbocycles. The molecule has 144 valence electrons. The minimum atomic E-state index is -0.748. The largest absolute Gasteiger partial charge is 0.481 e. The van der Waals surface area contributed by atoms with E-state index in [4.69, 9.17) is 9.84 Å². The van der Waals surface area contributed by atoms with E-state index in [0.29, 0.717) is 12.5 Å². The summed E-state index contributed by atoms with van der Waals surface area (Å²) in [6.07, 6.45) is 30.1. The Morgan fingerprint density at radius 2 is 1.62 bits per heavy atom. The number of hydrogen-bond acceptors (Lipinski definition) is 2. The number of aliphatic carboxylic acids is 1. The summed E-state index contributed by atoms with van der Waals surface area (Å²) in [5, 5.41) is 8.50. The Kier molecular flexibility index (Phi) is 15.0. The Labute approximate surface area is 159 Å². The van der Waals surface area contributed by atoms with Gasteiger partial charge in [-0.15, -0.1) is 0 Å². The fourth-order valence-corrected chi connectivity index (χ4v) is 2.14. The van der Waals surface area contributed by atoms with Crippen molar-refractivity contribution in [2.75, 3.05) is 0 Å². The Morgan fingerprint density at radius 3 is 2.35 bits per heavy atom. The summed E-state index contributed by atoms with van der Waals surface area (Å²) in [7, 11) is 0. The van der Waals surface area contributed by atoms with E-state index in [1.807, 2.05) is 36.5 Å². The van der Waals surface area contributed by atoms with Crippen molar-refractivity contribution in [3.63, 3.8) is 0 Å². The van der Waals surface area contributed by atoms with Gasteiger partial charge in [0.05, 0.1) is 6.10 Å². The monoisotopic (exact) mass is 358 g/mol. The molecule has 0 bridgehead atoms. The van der Waals surface area contributed by atoms with Crippen LogP contribution < -0.4 is 0 Å². The van der Waals surface area contributed by atoms with E-state index < -0.39 is 5.97 Å². The second kappa shape index (κ2) is 16.3. The first kappa shape index (κ1) is 23.9. The van der Waals surface area contributed by atoms with Crippen LogP contribution in [0.4, 0.5) is 0 Å². The van der Waals surface area contributed by atoms with Crippen molar-refractivity contribution < 1.29 is 14.6 Å². The second-order valence-corrected chi connectivity index (χ2v) is 5.80. The summed E-state index contributed by atoms with van der Waals surface area (Å²) in [4.78, 5) is 10.3. The van der Waals surface area contributed by atoms with Crippen LogP contribution in [0.5, 0.6) is 0 Å². The molecule has 0 aromatic carbocycles. The van der Waals surface area contributed by atoms with Crippen LogP contribution in [0.15, 0.2) is 72.9 Å². The van der Waals surface area contributed by atoms with Crippen LogP contribution >= 0.6 is 0 Å². The summed E-state index contributed by atoms with van der Waals surface area (Å²) in [5.41, 5.74) is 0. The Hall–Kier alpha value is -2.13. The van der Waals surface area contributed by atoms with Gasteiger partial charge in [0.25, 0.3) is 0 Å². The van der Waals surface area contributed by atoms with Crippen LogP contribution in [-0.2, 0) is 9.53 Å². The molecule has 1 heterocycles. The van der Waals surface area contributed by atoms with Crippen molar-refractivity contribution >= 4 is 5.97 Å². The van der Waals surface area contributed by atoms with Gasteiger partial charge >= 0.3 is 5.97 Å². The molecule has 1 aliphatic heterocycles. The highest BCUT2D eigenvalue weighted by molar-refractivity contribution is 5.66. The fraction of sp³-hybridized carbons (Fsp3) is 0.435. The van der Waals surface area contributed by atoms with Crippen LogP contribution in [0.25, 0.3) is 0 Å². The maximum Gasteiger partial charge on any atom is 0.303 e. The third kappa shape index (κ3) is 14.2. The predicted molar refractivity (Wildman–Crippen MR) is 111 cm³/mol. The molecular formula is C23H34O3. The summed E-state index contributed by atoms with van der Waals surface area (Å²) >= 11 is 0. The van der Waals surface area contributed by atoms with Crippen molar-refractivity contribution in [3.05, 3.63) is 72.9 Å². The Bertz CT molecular complexity index is 536. The molecule has 3 nitrogen and oxygen atoms in total. The molecule has 1 N–H and O–H groups in total. The van der Waals surface area contributed by atoms with Crippen LogP contribution in [0.2, 0.25) is 0 Å². The topological polar surface area (TPSA) is 49.8 Å². The van der Waals surface area contributed by atoms with Gasteiger partial charge in [-0.05, 0) is 32.1 Å². The minimum absolute atomic E-state index is 0. The van der Waals surface area contributed by atoms with Crippen LogP contribution in [0.3, 0.4) is 0 Å². The second-order valence-electron chi connectivity index (χ2n) is 5.80. The number of ether oxygens (including phenoxy) is 1. The molecule has 0 aromatic heterocycles. The Balaban J connectivity index is 0.00000625. The highest BCUT2D eigenvalue weighted by Crippen LogP contribution is 2.26. The molecule has 3 heteroatoms. The fourth-order valence-electron chi connectivity index (χ4n) is 2.14. The number of carboxylic acid groups (broad SMARTS) is 1. The first-order valence-electron chi connectivity index (χ1n) is 9.06. The van der Waals surface area contributed by atoms with E-state index in [2.05, 4.69) is 43.4 Å². The Morgan fingerprint density at radius 1 is 0.923 bits per heavy atom. The van der Waals surface area contributed by atoms with Crippen molar-refractivity contribution in [3.8, 4) is 0 Å². The molecule has 0 aromatic rings. The van der Waals surface area contributed by atoms with Gasteiger partial charge in [0.2, 0.25) is 0 Å². The third-order valence-corrected chi connectivity index (χ3v) is 3.57. The van der Waals surface area contributed by atoms with Gasteiger partial charge in [-0.1, -0.05) is 87.3 Å². The molecule has 1 aliphatic rings. The molecule has 0 radical (unpaired) electrons. The molecule has 1 fully saturated rings. The average molecular weight is 359 g/mol. The third-order valence-electron chi connectivity index (χ3n) is 3.57. The summed E-state index contributed by atoms with van der Waals surface area (Å²) in [6, 6.07) is 0. The zero-order chi connectivity index (χ0) is 18.2. The van der Waals surface area contributed by atoms with Gasteiger partial charge in [-0.3, -0.25) is 4.79 Å². The standard InChI is InChI=1S/C22H30O3.CH4/c1-2-3-14-17-20-21(25-20)18-15-12-10-8-6-4-5-7-9-11-13-16-19-22(23)24;/h3,5-8,10-15,18,20-21H,2,4,9,16-17,19H2,1H3,(H,23,24);1H4/b7-5-,8-6-,12-10+,13-11-,14-3-,18-15+;/t20-,21-;/m1./s1. The van der Waals surface area contributed by atoms with Crippen molar-refractivity contribution in [1.82, 2.24) is 0 Å². The quantitative estimate of drug-likeness (QED) is 0.243. The number of epoxide rings is 1. The predicted octanol–water partition coefficient (Wildman–Crippen LogP) is 6.17. The van der Waals surface area contributed by atoms with E-state index in [1.54, 1.807) is 0 Å². The van der Waals surface area contributed by atoms with Gasteiger partial charge in [-0.2, -0.15) is 0 Å². The molecule has 1 rings (SSSR count). The van der Waals surface area contributed by atoms with E-state index in [1.165, 1.54) is 0 Å². The lowest BCUT2D eigenvalue weighted by molar-refractivity contribution is -0.136. The molecular weight excluding hydrogens is 324 g/mol. The number of allylic oxidation sites excluding steroid dienone is 10. The zero-order valence-electron chi connectivity index (χ0n) is 15.1. The normalized spacial score (nSPS) is 20.3. The molecule has 0 amide bonds. The first-order valence-corrected chi connectivity index (χ1v) is 9.06. The SMILES string of the molecule is C.CC/C=C\C[C@H]1O[C@@H]1/C=C/C=C/C=C\C/C=C\C/C=C\CCC(=O)O. The minimum Gasteiger partial charge on any atom is -0.481 e. The van der Waals surface area contributed by atoms with Gasteiger partial charge < -0.3 is 9.84 Å². The number of rotatable bonds is 13. The van der Waals surface area contributed by atoms with Crippen molar-refractivity contribution in [2.45, 2.75) is 65.1 Å². The summed E-state index contributed by atoms with van der Waals surface area (Å²) in [5.74, 6) is -0.748. The number of carbonyl (C=O) groups is 1. The summed E-state index contributed by atoms with van der Waals surface area (Å²) in [6.45, 7) is 2.14. The van der Waals surface area contributed by atoms with Crippen molar-refractivity contribution in [2.24, 2.45) is 0 Å². The maximum atomic E-state index is 10.3. The maximum absolute atomic E-state index is 10.3. The van der Waals surface area contributed by atoms with Gasteiger partial charge in [0, 0.05) is 6.42 Å². The number of hydrogen-bond donors (Lipinski definition) is 1. The zero-order valence-corrected chi connectivity index (χ0v) is 15.1. The number of carboxylic acids is 1. The highest BCUT2D eigenvalue weighted by atomic mass is 16.6. The lowest BCUT2D eigenvalue weighted by Gasteiger charge is -1.86. The van der Waals surface area contributed by atoms with E-state index in [-0.39, 0.29) is 20.0 Å². The van der Waals surface area contributed by atoms with Crippen LogP contribution in [0.1, 0.15) is 52.9 Å². The molecule has 2 atom stereocenters. The smallest absolute Gasteiger partial charge is 0.303 e. The molecule has 0 spiro atoms. The van der Waals surface area contributed by atoms with E-state index in [0.717, 1.165) is 25.7 Å². The van der Waals surface area contributed by atoms with Gasteiger partial charge in [0.1, 0.15) is 6.10 Å². The lowest BCUT2D eigenvalue weighted by atomic mass is 10.2. The lowest BCUT2D eigenvalue weighted by Crippen LogP contribution is -1.91. The average Bonchev–Trinajstić information content (AvgIpc) is 3.33. The van der Waals surface area contributed by atoms with Crippen molar-refractivity contribution in [1.29, 1.82) is 0 Å². The highest BCUT2D eigenvalue weighted by Gasteiger charge is 2.34. The molecule has 26 heavy (non-hydrogen) atoms. The van der Waals surface area contributed by atoms with Gasteiger partial charge in [0.15, 0.2) is 0 Å². The van der Waals surface area contributed by atoms with E-state index in [9.17, 15) is 4.79 Å². The van der Waals surface area contributed by atoms with Crippen LogP contribution in [0, 0.1) is 0 Å². The van der Waals surface area contributed by atoms with Gasteiger partial charge in [-0.25, -0.2) is 0 Å². The van der Waals surface area contributed by atoms with Crippen LogP contribution in [-0.4, -0.2) is 23.3 Å². The first-order chi connectivity index (χ1) is 12.2.